The van der Waals surface area contributed by atoms with Crippen LogP contribution in [0.25, 0.3) is 0 Å². The van der Waals surface area contributed by atoms with Crippen molar-refractivity contribution in [1.29, 1.82) is 0 Å². The van der Waals surface area contributed by atoms with Crippen molar-refractivity contribution in [3.63, 3.8) is 0 Å². The van der Waals surface area contributed by atoms with E-state index in [1.807, 2.05) is 0 Å². The molecule has 2 aromatic rings. The van der Waals surface area contributed by atoms with Crippen LogP contribution in [0, 0.1) is 0 Å². The number of sulfone groups is 1. The number of nitrogens with two attached hydrogens (primary N) is 1. The number of hydrogen-bond donors (Lipinski definition) is 1. The molecule has 0 atom stereocenters. The fourth-order valence-corrected chi connectivity index (χ4v) is 3.16. The van der Waals surface area contributed by atoms with Gasteiger partial charge in [0.25, 0.3) is 0 Å². The Morgan fingerprint density at radius 1 is 1.24 bits per heavy atom. The monoisotopic (exact) mass is 328 g/mol. The van der Waals surface area contributed by atoms with E-state index < -0.39 is 9.84 Å². The lowest BCUT2D eigenvalue weighted by Crippen LogP contribution is -2.13. The van der Waals surface area contributed by atoms with E-state index in [0.717, 1.165) is 18.5 Å². The molecule has 1 aromatic heterocycles. The molecule has 0 saturated carbocycles. The summed E-state index contributed by atoms with van der Waals surface area (Å²) in [6.07, 6.45) is 3.34. The summed E-state index contributed by atoms with van der Waals surface area (Å²) >= 11 is 5.75. The number of halogens is 1. The molecule has 6 nitrogen and oxygen atoms in total. The number of rotatable bonds is 7. The normalized spacial score (nSPS) is 11.7. The Kier molecular flexibility index (Phi) is 5.33. The van der Waals surface area contributed by atoms with E-state index in [4.69, 9.17) is 17.3 Å². The van der Waals surface area contributed by atoms with Gasteiger partial charge in [0.2, 0.25) is 0 Å². The fourth-order valence-electron chi connectivity index (χ4n) is 1.82. The third-order valence-corrected chi connectivity index (χ3v) is 4.95. The maximum Gasteiger partial charge on any atom is 0.180 e. The van der Waals surface area contributed by atoms with Crippen LogP contribution in [0.2, 0.25) is 5.02 Å². The number of hydrogen-bond acceptors (Lipinski definition) is 5. The van der Waals surface area contributed by atoms with Crippen molar-refractivity contribution >= 4 is 21.4 Å². The highest BCUT2D eigenvalue weighted by molar-refractivity contribution is 7.91. The summed E-state index contributed by atoms with van der Waals surface area (Å²) in [5.41, 5.74) is 6.25. The minimum atomic E-state index is -3.35. The minimum absolute atomic E-state index is 0.0334. The lowest BCUT2D eigenvalue weighted by molar-refractivity contribution is 0.575. The lowest BCUT2D eigenvalue weighted by atomic mass is 10.2. The van der Waals surface area contributed by atoms with Crippen molar-refractivity contribution in [2.75, 3.05) is 12.3 Å². The van der Waals surface area contributed by atoms with E-state index in [1.165, 1.54) is 12.1 Å². The van der Waals surface area contributed by atoms with Crippen LogP contribution in [-0.2, 0) is 22.8 Å². The van der Waals surface area contributed by atoms with Crippen molar-refractivity contribution in [2.45, 2.75) is 24.3 Å². The quantitative estimate of drug-likeness (QED) is 0.827. The lowest BCUT2D eigenvalue weighted by Gasteiger charge is -2.04. The molecule has 2 N–H and O–H groups in total. The Morgan fingerprint density at radius 2 is 1.95 bits per heavy atom. The fraction of sp³-hybridized carbons (Fsp3) is 0.385. The van der Waals surface area contributed by atoms with Crippen molar-refractivity contribution in [3.8, 4) is 0 Å². The summed E-state index contributed by atoms with van der Waals surface area (Å²) < 4.78 is 25.9. The Balaban J connectivity index is 1.98. The molecule has 0 aliphatic heterocycles. The zero-order chi connectivity index (χ0) is 15.3. The van der Waals surface area contributed by atoms with Crippen LogP contribution in [0.3, 0.4) is 0 Å². The Bertz CT molecular complexity index is 682. The van der Waals surface area contributed by atoms with E-state index in [-0.39, 0.29) is 17.2 Å². The first kappa shape index (κ1) is 15.9. The van der Waals surface area contributed by atoms with E-state index in [1.54, 1.807) is 23.0 Å². The second-order valence-electron chi connectivity index (χ2n) is 4.64. The molecule has 0 saturated heterocycles. The Hall–Kier alpha value is -1.44. The highest BCUT2D eigenvalue weighted by Gasteiger charge is 2.14. The first-order valence-corrected chi connectivity index (χ1v) is 8.62. The summed E-state index contributed by atoms with van der Waals surface area (Å²) in [6.45, 7) is 0.860. The summed E-state index contributed by atoms with van der Waals surface area (Å²) in [5, 5.41) is 8.41. The van der Waals surface area contributed by atoms with Crippen LogP contribution < -0.4 is 5.73 Å². The van der Waals surface area contributed by atoms with Gasteiger partial charge in [-0.3, -0.25) is 4.68 Å². The van der Waals surface area contributed by atoms with Gasteiger partial charge in [0.05, 0.1) is 22.9 Å². The average Bonchev–Trinajstić information content (AvgIpc) is 2.91. The molecule has 0 bridgehead atoms. The van der Waals surface area contributed by atoms with Crippen molar-refractivity contribution in [2.24, 2.45) is 5.73 Å². The number of benzene rings is 1. The van der Waals surface area contributed by atoms with E-state index in [2.05, 4.69) is 10.3 Å². The molecule has 0 unspecified atom stereocenters. The molecule has 0 spiro atoms. The van der Waals surface area contributed by atoms with E-state index in [0.29, 0.717) is 11.6 Å². The summed E-state index contributed by atoms with van der Waals surface area (Å²) in [7, 11) is -3.35. The van der Waals surface area contributed by atoms with Gasteiger partial charge in [-0.05, 0) is 43.7 Å². The molecular formula is C13H17ClN4O2S. The molecule has 0 amide bonds. The van der Waals surface area contributed by atoms with Crippen molar-refractivity contribution < 1.29 is 8.42 Å². The molecule has 0 fully saturated rings. The van der Waals surface area contributed by atoms with Crippen LogP contribution in [0.15, 0.2) is 35.4 Å². The third-order valence-electron chi connectivity index (χ3n) is 2.99. The van der Waals surface area contributed by atoms with Crippen molar-refractivity contribution in [3.05, 3.63) is 41.2 Å². The van der Waals surface area contributed by atoms with Gasteiger partial charge in [0.15, 0.2) is 9.84 Å². The Labute approximate surface area is 128 Å². The standard InChI is InChI=1S/C13H17ClN4O2S/c14-11-3-5-13(6-4-11)21(19,20)9-8-18-10-12(16-17-18)2-1-7-15/h3-6,10H,1-2,7-9,15H2. The second kappa shape index (κ2) is 7.02. The van der Waals surface area contributed by atoms with Gasteiger partial charge in [-0.15, -0.1) is 5.10 Å². The molecule has 8 heteroatoms. The zero-order valence-electron chi connectivity index (χ0n) is 11.4. The number of nitrogens with zero attached hydrogens (tertiary/aromatic N) is 3. The largest absolute Gasteiger partial charge is 0.330 e. The molecule has 1 aromatic carbocycles. The first-order valence-electron chi connectivity index (χ1n) is 6.58. The predicted octanol–water partition coefficient (Wildman–Crippen LogP) is 1.30. The molecule has 0 radical (unpaired) electrons. The third kappa shape index (κ3) is 4.52. The van der Waals surface area contributed by atoms with E-state index in [9.17, 15) is 8.42 Å². The molecule has 1 heterocycles. The minimum Gasteiger partial charge on any atom is -0.330 e. The van der Waals surface area contributed by atoms with E-state index >= 15 is 0 Å². The molecule has 0 aliphatic rings. The van der Waals surface area contributed by atoms with Crippen LogP contribution in [0.4, 0.5) is 0 Å². The van der Waals surface area contributed by atoms with Gasteiger partial charge in [0, 0.05) is 11.2 Å². The smallest absolute Gasteiger partial charge is 0.180 e. The maximum atomic E-state index is 12.2. The van der Waals surface area contributed by atoms with Crippen molar-refractivity contribution in [1.82, 2.24) is 15.0 Å². The highest BCUT2D eigenvalue weighted by Crippen LogP contribution is 2.15. The van der Waals surface area contributed by atoms with Gasteiger partial charge in [-0.25, -0.2) is 8.42 Å². The first-order chi connectivity index (χ1) is 10.0. The van der Waals surface area contributed by atoms with Crippen LogP contribution in [0.1, 0.15) is 12.1 Å². The maximum absolute atomic E-state index is 12.2. The topological polar surface area (TPSA) is 90.9 Å². The van der Waals surface area contributed by atoms with Gasteiger partial charge >= 0.3 is 0 Å². The summed E-state index contributed by atoms with van der Waals surface area (Å²) in [6, 6.07) is 6.14. The average molecular weight is 329 g/mol. The Morgan fingerprint density at radius 3 is 2.62 bits per heavy atom. The van der Waals surface area contributed by atoms with Gasteiger partial charge in [-0.1, -0.05) is 16.8 Å². The number of aromatic nitrogens is 3. The molecular weight excluding hydrogens is 312 g/mol. The van der Waals surface area contributed by atoms with Crippen LogP contribution >= 0.6 is 11.6 Å². The molecule has 2 rings (SSSR count). The van der Waals surface area contributed by atoms with Gasteiger partial charge in [0.1, 0.15) is 0 Å². The van der Waals surface area contributed by atoms with Crippen LogP contribution in [0.5, 0.6) is 0 Å². The second-order valence-corrected chi connectivity index (χ2v) is 7.18. The SMILES string of the molecule is NCCCc1cn(CCS(=O)(=O)c2ccc(Cl)cc2)nn1. The summed E-state index contributed by atoms with van der Waals surface area (Å²) in [4.78, 5) is 0.260. The molecule has 114 valence electrons. The predicted molar refractivity (Wildman–Crippen MR) is 80.9 cm³/mol. The van der Waals surface area contributed by atoms with Gasteiger partial charge < -0.3 is 5.73 Å². The number of aryl methyl sites for hydroxylation is 2. The van der Waals surface area contributed by atoms with Gasteiger partial charge in [-0.2, -0.15) is 0 Å². The molecule has 0 aliphatic carbocycles. The zero-order valence-corrected chi connectivity index (χ0v) is 13.0. The summed E-state index contributed by atoms with van der Waals surface area (Å²) in [5.74, 6) is -0.0334. The molecule has 21 heavy (non-hydrogen) atoms. The highest BCUT2D eigenvalue weighted by atomic mass is 35.5. The van der Waals surface area contributed by atoms with Crippen LogP contribution in [-0.4, -0.2) is 35.7 Å².